The van der Waals surface area contributed by atoms with E-state index in [1.807, 2.05) is 11.7 Å². The van der Waals surface area contributed by atoms with Crippen molar-refractivity contribution in [2.24, 2.45) is 5.92 Å². The van der Waals surface area contributed by atoms with Crippen molar-refractivity contribution in [1.29, 1.82) is 0 Å². The Balaban J connectivity index is 1.87. The molecule has 3 heteroatoms. The van der Waals surface area contributed by atoms with E-state index in [0.29, 0.717) is 5.92 Å². The van der Waals surface area contributed by atoms with Gasteiger partial charge in [0.15, 0.2) is 0 Å². The summed E-state index contributed by atoms with van der Waals surface area (Å²) in [7, 11) is 0. The third-order valence-corrected chi connectivity index (χ3v) is 3.53. The first-order valence-corrected chi connectivity index (χ1v) is 5.78. The molecule has 0 radical (unpaired) electrons. The van der Waals surface area contributed by atoms with Crippen molar-refractivity contribution in [3.05, 3.63) is 16.6 Å². The van der Waals surface area contributed by atoms with Gasteiger partial charge in [0, 0.05) is 11.1 Å². The Kier molecular flexibility index (Phi) is 2.96. The van der Waals surface area contributed by atoms with Crippen LogP contribution >= 0.6 is 11.3 Å². The Hall–Kier alpha value is -0.410. The molecule has 1 heterocycles. The second-order valence-electron chi connectivity index (χ2n) is 3.86. The molecule has 13 heavy (non-hydrogen) atoms. The largest absolute Gasteiger partial charge is 0.393 e. The molecule has 2 unspecified atom stereocenters. The Morgan fingerprint density at radius 3 is 3.15 bits per heavy atom. The molecule has 0 saturated heterocycles. The number of hydrogen-bond acceptors (Lipinski definition) is 3. The summed E-state index contributed by atoms with van der Waals surface area (Å²) >= 11 is 1.73. The number of nitrogens with zero attached hydrogens (tertiary/aromatic N) is 1. The lowest BCUT2D eigenvalue weighted by atomic mass is 9.85. The quantitative estimate of drug-likeness (QED) is 0.788. The first-order chi connectivity index (χ1) is 6.34. The minimum absolute atomic E-state index is 0.0494. The fraction of sp³-hybridized carbons (Fsp3) is 0.700. The van der Waals surface area contributed by atoms with Gasteiger partial charge in [0.25, 0.3) is 0 Å². The van der Waals surface area contributed by atoms with Crippen LogP contribution in [0, 0.1) is 5.92 Å². The Labute approximate surface area is 82.6 Å². The molecule has 0 aliphatic heterocycles. The highest BCUT2D eigenvalue weighted by Crippen LogP contribution is 2.27. The maximum atomic E-state index is 9.50. The topological polar surface area (TPSA) is 33.1 Å². The van der Waals surface area contributed by atoms with Gasteiger partial charge in [-0.2, -0.15) is 0 Å². The molecule has 0 amide bonds. The first-order valence-electron chi connectivity index (χ1n) is 4.90. The van der Waals surface area contributed by atoms with Crippen LogP contribution in [0.3, 0.4) is 0 Å². The van der Waals surface area contributed by atoms with Gasteiger partial charge < -0.3 is 5.11 Å². The van der Waals surface area contributed by atoms with Crippen molar-refractivity contribution in [2.45, 2.75) is 38.2 Å². The molecule has 1 aromatic heterocycles. The molecule has 1 aliphatic carbocycles. The highest BCUT2D eigenvalue weighted by Gasteiger charge is 2.20. The molecule has 0 aromatic carbocycles. The molecule has 1 aromatic rings. The average molecular weight is 197 g/mol. The van der Waals surface area contributed by atoms with Crippen molar-refractivity contribution in [2.75, 3.05) is 0 Å². The Morgan fingerprint density at radius 1 is 1.54 bits per heavy atom. The van der Waals surface area contributed by atoms with Crippen LogP contribution < -0.4 is 0 Å². The third kappa shape index (κ3) is 2.51. The fourth-order valence-corrected chi connectivity index (χ4v) is 2.79. The van der Waals surface area contributed by atoms with Gasteiger partial charge in [0.1, 0.15) is 0 Å². The predicted octanol–water partition coefficient (Wildman–Crippen LogP) is 2.24. The lowest BCUT2D eigenvalue weighted by Gasteiger charge is -2.25. The van der Waals surface area contributed by atoms with Crippen LogP contribution in [0.1, 0.15) is 30.6 Å². The third-order valence-electron chi connectivity index (χ3n) is 2.73. The van der Waals surface area contributed by atoms with Gasteiger partial charge in [-0.25, -0.2) is 0 Å². The number of aromatic nitrogens is 1. The van der Waals surface area contributed by atoms with Crippen LogP contribution in [-0.4, -0.2) is 16.2 Å². The minimum atomic E-state index is -0.0494. The van der Waals surface area contributed by atoms with E-state index in [-0.39, 0.29) is 6.10 Å². The predicted molar refractivity (Wildman–Crippen MR) is 53.8 cm³/mol. The van der Waals surface area contributed by atoms with E-state index < -0.39 is 0 Å². The number of aliphatic hydroxyl groups excluding tert-OH is 1. The van der Waals surface area contributed by atoms with Crippen molar-refractivity contribution in [1.82, 2.24) is 4.98 Å². The second-order valence-corrected chi connectivity index (χ2v) is 4.83. The van der Waals surface area contributed by atoms with Gasteiger partial charge >= 0.3 is 0 Å². The van der Waals surface area contributed by atoms with E-state index in [1.165, 1.54) is 17.7 Å². The second kappa shape index (κ2) is 4.20. The number of hydrogen-bond donors (Lipinski definition) is 1. The molecule has 1 saturated carbocycles. The summed E-state index contributed by atoms with van der Waals surface area (Å²) in [5.41, 5.74) is 1.88. The molecule has 1 fully saturated rings. The highest BCUT2D eigenvalue weighted by atomic mass is 32.1. The zero-order valence-corrected chi connectivity index (χ0v) is 8.46. The Morgan fingerprint density at radius 2 is 2.46 bits per heavy atom. The molecule has 72 valence electrons. The van der Waals surface area contributed by atoms with Gasteiger partial charge in [-0.15, -0.1) is 11.3 Å². The lowest BCUT2D eigenvalue weighted by molar-refractivity contribution is 0.101. The van der Waals surface area contributed by atoms with Gasteiger partial charge in [-0.3, -0.25) is 4.98 Å². The van der Waals surface area contributed by atoms with Gasteiger partial charge in [-0.05, 0) is 31.6 Å². The number of rotatable bonds is 2. The molecule has 1 aliphatic rings. The van der Waals surface area contributed by atoms with Gasteiger partial charge in [-0.1, -0.05) is 6.42 Å². The van der Waals surface area contributed by atoms with Crippen LogP contribution in [0.25, 0.3) is 0 Å². The van der Waals surface area contributed by atoms with E-state index in [1.54, 1.807) is 11.3 Å². The summed E-state index contributed by atoms with van der Waals surface area (Å²) in [5.74, 6) is 0.684. The van der Waals surface area contributed by atoms with E-state index in [2.05, 4.69) is 4.98 Å². The maximum absolute atomic E-state index is 9.50. The van der Waals surface area contributed by atoms with Crippen LogP contribution in [0.2, 0.25) is 0 Å². The first kappa shape index (κ1) is 9.16. The molecule has 1 N–H and O–H groups in total. The molecule has 0 bridgehead atoms. The van der Waals surface area contributed by atoms with Crippen molar-refractivity contribution >= 4 is 11.3 Å². The van der Waals surface area contributed by atoms with Crippen LogP contribution in [0.15, 0.2) is 11.7 Å². The lowest BCUT2D eigenvalue weighted by Crippen LogP contribution is -2.20. The van der Waals surface area contributed by atoms with Gasteiger partial charge in [0.05, 0.1) is 11.6 Å². The molecule has 0 spiro atoms. The fourth-order valence-electron chi connectivity index (χ4n) is 2.08. The highest BCUT2D eigenvalue weighted by molar-refractivity contribution is 7.09. The monoisotopic (exact) mass is 197 g/mol. The van der Waals surface area contributed by atoms with Crippen LogP contribution in [0.5, 0.6) is 0 Å². The van der Waals surface area contributed by atoms with Crippen molar-refractivity contribution in [3.8, 4) is 0 Å². The number of thiazole rings is 1. The molecule has 2 atom stereocenters. The summed E-state index contributed by atoms with van der Waals surface area (Å²) in [5, 5.41) is 9.50. The summed E-state index contributed by atoms with van der Waals surface area (Å²) < 4.78 is 0. The zero-order valence-electron chi connectivity index (χ0n) is 7.65. The van der Waals surface area contributed by atoms with Crippen LogP contribution in [-0.2, 0) is 6.42 Å². The SMILES string of the molecule is OC1CCCC(Cc2cncs2)C1. The summed E-state index contributed by atoms with van der Waals surface area (Å²) in [6.45, 7) is 0. The standard InChI is InChI=1S/C10H15NOS/c12-9-3-1-2-8(4-9)5-10-6-11-7-13-10/h6-9,12H,1-5H2. The molecular formula is C10H15NOS. The summed E-state index contributed by atoms with van der Waals surface area (Å²) in [6, 6.07) is 0. The van der Waals surface area contributed by atoms with E-state index in [9.17, 15) is 5.11 Å². The van der Waals surface area contributed by atoms with E-state index >= 15 is 0 Å². The van der Waals surface area contributed by atoms with Crippen molar-refractivity contribution in [3.63, 3.8) is 0 Å². The smallest absolute Gasteiger partial charge is 0.0794 e. The Bertz CT molecular complexity index is 247. The minimum Gasteiger partial charge on any atom is -0.393 e. The average Bonchev–Trinajstić information content (AvgIpc) is 2.57. The summed E-state index contributed by atoms with van der Waals surface area (Å²) in [6.07, 6.45) is 7.45. The molecular weight excluding hydrogens is 182 g/mol. The normalized spacial score (nSPS) is 29.0. The maximum Gasteiger partial charge on any atom is 0.0794 e. The molecule has 2 rings (SSSR count). The van der Waals surface area contributed by atoms with E-state index in [4.69, 9.17) is 0 Å². The number of aliphatic hydroxyl groups is 1. The summed E-state index contributed by atoms with van der Waals surface area (Å²) in [4.78, 5) is 5.42. The molecule has 2 nitrogen and oxygen atoms in total. The van der Waals surface area contributed by atoms with E-state index in [0.717, 1.165) is 19.3 Å². The van der Waals surface area contributed by atoms with Gasteiger partial charge in [0.2, 0.25) is 0 Å². The van der Waals surface area contributed by atoms with Crippen LogP contribution in [0.4, 0.5) is 0 Å². The zero-order chi connectivity index (χ0) is 9.10. The van der Waals surface area contributed by atoms with Crippen molar-refractivity contribution < 1.29 is 5.11 Å².